The number of halogens is 4. The van der Waals surface area contributed by atoms with Crippen LogP contribution in [0.4, 0.5) is 24.5 Å². The average molecular weight is 404 g/mol. The van der Waals surface area contributed by atoms with E-state index in [9.17, 15) is 21.6 Å². The van der Waals surface area contributed by atoms with Gasteiger partial charge in [0.05, 0.1) is 28.6 Å². The molecular formula is C16H13ClF3N3O2S. The zero-order chi connectivity index (χ0) is 19.5. The lowest BCUT2D eigenvalue weighted by Crippen LogP contribution is -2.32. The van der Waals surface area contributed by atoms with Gasteiger partial charge in [0, 0.05) is 17.3 Å². The first-order valence-corrected chi connectivity index (χ1v) is 9.01. The van der Waals surface area contributed by atoms with E-state index in [1.165, 1.54) is 24.3 Å². The first-order chi connectivity index (χ1) is 12.1. The summed E-state index contributed by atoms with van der Waals surface area (Å²) in [6, 6.07) is 9.96. The molecule has 2 N–H and O–H groups in total. The van der Waals surface area contributed by atoms with Gasteiger partial charge in [-0.1, -0.05) is 17.7 Å². The van der Waals surface area contributed by atoms with Gasteiger partial charge >= 0.3 is 6.18 Å². The zero-order valence-electron chi connectivity index (χ0n) is 13.2. The minimum atomic E-state index is -4.80. The molecule has 10 heteroatoms. The number of nitrogen functional groups attached to an aromatic ring is 1. The number of alkyl halides is 3. The average Bonchev–Trinajstić information content (AvgIpc) is 2.54. The molecule has 138 valence electrons. The summed E-state index contributed by atoms with van der Waals surface area (Å²) in [4.78, 5) is -0.586. The quantitative estimate of drug-likeness (QED) is 0.763. The molecule has 0 spiro atoms. The third-order valence-corrected chi connectivity index (χ3v) is 5.50. The second-order valence-electron chi connectivity index (χ2n) is 5.21. The summed E-state index contributed by atoms with van der Waals surface area (Å²) in [6.45, 7) is -0.245. The van der Waals surface area contributed by atoms with Crippen molar-refractivity contribution in [1.82, 2.24) is 0 Å². The second-order valence-corrected chi connectivity index (χ2v) is 7.51. The van der Waals surface area contributed by atoms with Gasteiger partial charge in [0.25, 0.3) is 10.0 Å². The fourth-order valence-electron chi connectivity index (χ4n) is 2.24. The number of nitriles is 1. The number of rotatable bonds is 5. The van der Waals surface area contributed by atoms with E-state index in [0.717, 1.165) is 16.4 Å². The highest BCUT2D eigenvalue weighted by Crippen LogP contribution is 2.36. The number of benzene rings is 2. The standard InChI is InChI=1S/C16H13ClF3N3O2S/c17-11-3-1-4-12(9-11)23(8-2-7-21)26(24,25)13-5-6-15(22)14(10-13)16(18,19)20/h1,3-6,9-10H,2,8,22H2. The number of hydrogen-bond donors (Lipinski definition) is 1. The van der Waals surface area contributed by atoms with E-state index in [0.29, 0.717) is 6.07 Å². The number of nitrogens with zero attached hydrogens (tertiary/aromatic N) is 2. The molecule has 0 aromatic heterocycles. The summed E-state index contributed by atoms with van der Waals surface area (Å²) >= 11 is 5.87. The first kappa shape index (κ1) is 19.9. The summed E-state index contributed by atoms with van der Waals surface area (Å²) in [5.74, 6) is 0. The summed E-state index contributed by atoms with van der Waals surface area (Å²) in [5.41, 5.74) is 3.63. The number of sulfonamides is 1. The lowest BCUT2D eigenvalue weighted by Gasteiger charge is -2.24. The maximum atomic E-state index is 13.0. The molecule has 0 bridgehead atoms. The Hall–Kier alpha value is -2.44. The molecule has 0 saturated heterocycles. The lowest BCUT2D eigenvalue weighted by atomic mass is 10.2. The SMILES string of the molecule is N#CCCN(c1cccc(Cl)c1)S(=O)(=O)c1ccc(N)c(C(F)(F)F)c1. The maximum Gasteiger partial charge on any atom is 0.418 e. The van der Waals surface area contributed by atoms with Gasteiger partial charge in [-0.3, -0.25) is 4.31 Å². The minimum Gasteiger partial charge on any atom is -0.398 e. The Kier molecular flexibility index (Phi) is 5.68. The van der Waals surface area contributed by atoms with Gasteiger partial charge in [-0.05, 0) is 36.4 Å². The number of nitrogens with two attached hydrogens (primary N) is 1. The number of hydrogen-bond acceptors (Lipinski definition) is 4. The van der Waals surface area contributed by atoms with Crippen molar-refractivity contribution >= 4 is 33.0 Å². The normalized spacial score (nSPS) is 11.8. The fourth-order valence-corrected chi connectivity index (χ4v) is 3.91. The van der Waals surface area contributed by atoms with Crippen molar-refractivity contribution < 1.29 is 21.6 Å². The summed E-state index contributed by atoms with van der Waals surface area (Å²) in [7, 11) is -4.37. The Morgan fingerprint density at radius 1 is 1.19 bits per heavy atom. The van der Waals surface area contributed by atoms with Crippen LogP contribution in [0.2, 0.25) is 5.02 Å². The minimum absolute atomic E-state index is 0.137. The van der Waals surface area contributed by atoms with Crippen molar-refractivity contribution in [3.05, 3.63) is 53.1 Å². The van der Waals surface area contributed by atoms with Crippen LogP contribution in [-0.4, -0.2) is 15.0 Å². The van der Waals surface area contributed by atoms with E-state index in [4.69, 9.17) is 22.6 Å². The molecule has 0 aliphatic carbocycles. The van der Waals surface area contributed by atoms with Crippen LogP contribution in [0, 0.1) is 11.3 Å². The van der Waals surface area contributed by atoms with Crippen LogP contribution in [0.15, 0.2) is 47.4 Å². The Morgan fingerprint density at radius 2 is 1.88 bits per heavy atom. The van der Waals surface area contributed by atoms with Gasteiger partial charge < -0.3 is 5.73 Å². The molecule has 5 nitrogen and oxygen atoms in total. The van der Waals surface area contributed by atoms with E-state index in [1.807, 2.05) is 6.07 Å². The monoisotopic (exact) mass is 403 g/mol. The molecule has 0 heterocycles. The molecule has 0 radical (unpaired) electrons. The summed E-state index contributed by atoms with van der Waals surface area (Å²) in [5, 5.41) is 9.02. The molecule has 2 aromatic rings. The predicted octanol–water partition coefficient (Wildman–Crippen LogP) is 4.05. The Bertz CT molecular complexity index is 956. The molecule has 0 amide bonds. The van der Waals surface area contributed by atoms with Gasteiger partial charge in [0.15, 0.2) is 0 Å². The van der Waals surface area contributed by atoms with Crippen molar-refractivity contribution in [1.29, 1.82) is 5.26 Å². The van der Waals surface area contributed by atoms with Crippen molar-refractivity contribution in [2.75, 3.05) is 16.6 Å². The van der Waals surface area contributed by atoms with E-state index in [-0.39, 0.29) is 23.7 Å². The summed E-state index contributed by atoms with van der Waals surface area (Å²) in [6.07, 6.45) is -4.96. The third kappa shape index (κ3) is 4.20. The fraction of sp³-hybridized carbons (Fsp3) is 0.188. The van der Waals surface area contributed by atoms with Crippen molar-refractivity contribution in [3.8, 4) is 6.07 Å². The van der Waals surface area contributed by atoms with Gasteiger partial charge in [-0.25, -0.2) is 8.42 Å². The number of anilines is 2. The third-order valence-electron chi connectivity index (χ3n) is 3.44. The van der Waals surface area contributed by atoms with Gasteiger partial charge in [0.1, 0.15) is 0 Å². The Morgan fingerprint density at radius 3 is 2.46 bits per heavy atom. The maximum absolute atomic E-state index is 13.0. The van der Waals surface area contributed by atoms with Crippen LogP contribution < -0.4 is 10.0 Å². The highest BCUT2D eigenvalue weighted by atomic mass is 35.5. The van der Waals surface area contributed by atoms with E-state index >= 15 is 0 Å². The zero-order valence-corrected chi connectivity index (χ0v) is 14.7. The molecule has 26 heavy (non-hydrogen) atoms. The molecule has 0 aliphatic rings. The van der Waals surface area contributed by atoms with E-state index in [2.05, 4.69) is 0 Å². The molecule has 0 fully saturated rings. The topological polar surface area (TPSA) is 87.2 Å². The van der Waals surface area contributed by atoms with E-state index in [1.54, 1.807) is 0 Å². The Labute approximate surface area is 153 Å². The predicted molar refractivity (Wildman–Crippen MR) is 92.1 cm³/mol. The van der Waals surface area contributed by atoms with Crippen molar-refractivity contribution in [3.63, 3.8) is 0 Å². The van der Waals surface area contributed by atoms with Crippen LogP contribution in [0.1, 0.15) is 12.0 Å². The van der Waals surface area contributed by atoms with E-state index < -0.39 is 32.3 Å². The second kappa shape index (κ2) is 7.43. The van der Waals surface area contributed by atoms with Crippen molar-refractivity contribution in [2.24, 2.45) is 0 Å². The van der Waals surface area contributed by atoms with Crippen LogP contribution in [0.25, 0.3) is 0 Å². The molecule has 0 saturated carbocycles. The van der Waals surface area contributed by atoms with Crippen LogP contribution in [0.3, 0.4) is 0 Å². The Balaban J connectivity index is 2.59. The molecule has 0 aliphatic heterocycles. The molecular weight excluding hydrogens is 391 g/mol. The smallest absolute Gasteiger partial charge is 0.398 e. The van der Waals surface area contributed by atoms with Crippen LogP contribution in [0.5, 0.6) is 0 Å². The van der Waals surface area contributed by atoms with Gasteiger partial charge in [0.2, 0.25) is 0 Å². The van der Waals surface area contributed by atoms with Crippen LogP contribution >= 0.6 is 11.6 Å². The lowest BCUT2D eigenvalue weighted by molar-refractivity contribution is -0.137. The van der Waals surface area contributed by atoms with Crippen LogP contribution in [-0.2, 0) is 16.2 Å². The molecule has 2 aromatic carbocycles. The molecule has 2 rings (SSSR count). The first-order valence-electron chi connectivity index (χ1n) is 7.19. The highest BCUT2D eigenvalue weighted by Gasteiger charge is 2.35. The largest absolute Gasteiger partial charge is 0.418 e. The van der Waals surface area contributed by atoms with Crippen molar-refractivity contribution in [2.45, 2.75) is 17.5 Å². The molecule has 0 atom stereocenters. The summed E-state index contributed by atoms with van der Waals surface area (Å²) < 4.78 is 65.8. The highest BCUT2D eigenvalue weighted by molar-refractivity contribution is 7.92. The van der Waals surface area contributed by atoms with Gasteiger partial charge in [-0.2, -0.15) is 18.4 Å². The van der Waals surface area contributed by atoms with Gasteiger partial charge in [-0.15, -0.1) is 0 Å². The molecule has 0 unspecified atom stereocenters.